The molecule has 0 aliphatic heterocycles. The van der Waals surface area contributed by atoms with Crippen molar-refractivity contribution in [2.75, 3.05) is 11.1 Å². The quantitative estimate of drug-likeness (QED) is 0.674. The summed E-state index contributed by atoms with van der Waals surface area (Å²) in [5, 5.41) is 4.35. The third-order valence-electron chi connectivity index (χ3n) is 3.30. The molecular weight excluding hydrogens is 314 g/mol. The number of anilines is 3. The molecule has 3 nitrogen and oxygen atoms in total. The summed E-state index contributed by atoms with van der Waals surface area (Å²) >= 11 is 3.49. The summed E-state index contributed by atoms with van der Waals surface area (Å²) in [5.74, 6) is 0. The summed E-state index contributed by atoms with van der Waals surface area (Å²) < 4.78 is 1.03. The van der Waals surface area contributed by atoms with Crippen LogP contribution in [0.5, 0.6) is 0 Å². The van der Waals surface area contributed by atoms with E-state index in [4.69, 9.17) is 5.73 Å². The molecule has 2 aromatic carbocycles. The number of pyridine rings is 1. The number of nitrogen functional groups attached to an aromatic ring is 1. The van der Waals surface area contributed by atoms with Gasteiger partial charge in [0.2, 0.25) is 0 Å². The molecule has 0 atom stereocenters. The van der Waals surface area contributed by atoms with Crippen LogP contribution in [0, 0.1) is 6.92 Å². The van der Waals surface area contributed by atoms with Gasteiger partial charge in [-0.05, 0) is 48.9 Å². The van der Waals surface area contributed by atoms with Gasteiger partial charge in [0, 0.05) is 21.7 Å². The van der Waals surface area contributed by atoms with Gasteiger partial charge in [-0.25, -0.2) is 0 Å². The molecular formula is C16H14BrN3. The Hall–Kier alpha value is -2.07. The number of hydrogen-bond acceptors (Lipinski definition) is 3. The molecule has 0 fully saturated rings. The van der Waals surface area contributed by atoms with Gasteiger partial charge >= 0.3 is 0 Å². The molecule has 0 aliphatic carbocycles. The predicted octanol–water partition coefficient (Wildman–Crippen LogP) is 4.63. The van der Waals surface area contributed by atoms with Crippen molar-refractivity contribution in [3.63, 3.8) is 0 Å². The summed E-state index contributed by atoms with van der Waals surface area (Å²) in [6.07, 6.45) is 1.77. The Morgan fingerprint density at radius 3 is 2.80 bits per heavy atom. The van der Waals surface area contributed by atoms with Gasteiger partial charge in [-0.2, -0.15) is 0 Å². The first-order chi connectivity index (χ1) is 9.65. The molecule has 0 saturated heterocycles. The highest BCUT2D eigenvalue weighted by Crippen LogP contribution is 2.31. The largest absolute Gasteiger partial charge is 0.396 e. The molecule has 1 aromatic heterocycles. The maximum absolute atomic E-state index is 6.24. The first-order valence-electron chi connectivity index (χ1n) is 6.31. The molecule has 0 amide bonds. The van der Waals surface area contributed by atoms with E-state index in [1.54, 1.807) is 6.20 Å². The maximum atomic E-state index is 6.24. The van der Waals surface area contributed by atoms with E-state index < -0.39 is 0 Å². The average Bonchev–Trinajstić information content (AvgIpc) is 2.46. The van der Waals surface area contributed by atoms with Crippen LogP contribution in [0.3, 0.4) is 0 Å². The number of hydrogen-bond donors (Lipinski definition) is 2. The first-order valence-corrected chi connectivity index (χ1v) is 7.11. The topological polar surface area (TPSA) is 50.9 Å². The van der Waals surface area contributed by atoms with Crippen molar-refractivity contribution in [2.45, 2.75) is 6.92 Å². The van der Waals surface area contributed by atoms with Gasteiger partial charge in [0.1, 0.15) is 0 Å². The highest BCUT2D eigenvalue weighted by atomic mass is 79.9. The van der Waals surface area contributed by atoms with E-state index in [1.807, 2.05) is 36.4 Å². The highest BCUT2D eigenvalue weighted by molar-refractivity contribution is 9.10. The lowest BCUT2D eigenvalue weighted by molar-refractivity contribution is 1.40. The number of nitrogens with two attached hydrogens (primary N) is 1. The minimum atomic E-state index is 0.718. The Morgan fingerprint density at radius 1 is 1.10 bits per heavy atom. The third kappa shape index (κ3) is 2.34. The molecule has 0 bridgehead atoms. The van der Waals surface area contributed by atoms with Gasteiger partial charge in [0.25, 0.3) is 0 Å². The molecule has 100 valence electrons. The highest BCUT2D eigenvalue weighted by Gasteiger charge is 2.06. The van der Waals surface area contributed by atoms with Crippen molar-refractivity contribution in [1.29, 1.82) is 0 Å². The van der Waals surface area contributed by atoms with Gasteiger partial charge in [0.15, 0.2) is 0 Å². The minimum Gasteiger partial charge on any atom is -0.396 e. The predicted molar refractivity (Wildman–Crippen MR) is 88.3 cm³/mol. The third-order valence-corrected chi connectivity index (χ3v) is 3.79. The summed E-state index contributed by atoms with van der Waals surface area (Å²) in [6, 6.07) is 13.9. The minimum absolute atomic E-state index is 0.718. The van der Waals surface area contributed by atoms with E-state index in [1.165, 1.54) is 5.56 Å². The van der Waals surface area contributed by atoms with Crippen LogP contribution in [-0.4, -0.2) is 4.98 Å². The second kappa shape index (κ2) is 5.13. The lowest BCUT2D eigenvalue weighted by Gasteiger charge is -2.13. The number of aryl methyl sites for hydroxylation is 1. The number of halogens is 1. The fourth-order valence-corrected chi connectivity index (χ4v) is 2.52. The van der Waals surface area contributed by atoms with E-state index in [-0.39, 0.29) is 0 Å². The Labute approximate surface area is 126 Å². The van der Waals surface area contributed by atoms with Crippen LogP contribution in [0.2, 0.25) is 0 Å². The molecule has 1 heterocycles. The zero-order chi connectivity index (χ0) is 14.1. The van der Waals surface area contributed by atoms with E-state index >= 15 is 0 Å². The number of nitrogens with one attached hydrogen (secondary N) is 1. The van der Waals surface area contributed by atoms with Crippen molar-refractivity contribution in [2.24, 2.45) is 0 Å². The van der Waals surface area contributed by atoms with Gasteiger partial charge in [-0.1, -0.05) is 22.0 Å². The van der Waals surface area contributed by atoms with Gasteiger partial charge in [-0.15, -0.1) is 0 Å². The number of rotatable bonds is 2. The molecule has 3 aromatic rings. The smallest absolute Gasteiger partial charge is 0.0724 e. The summed E-state index contributed by atoms with van der Waals surface area (Å²) in [5.41, 5.74) is 11.0. The van der Waals surface area contributed by atoms with Crippen molar-refractivity contribution in [3.05, 3.63) is 58.7 Å². The second-order valence-electron chi connectivity index (χ2n) is 4.68. The lowest BCUT2D eigenvalue weighted by Crippen LogP contribution is -1.99. The normalized spacial score (nSPS) is 10.7. The Morgan fingerprint density at radius 2 is 1.95 bits per heavy atom. The lowest BCUT2D eigenvalue weighted by atomic mass is 10.1. The SMILES string of the molecule is Cc1ccc(Br)cc1Nc1ccc2ncccc2c1N. The number of aromatic nitrogens is 1. The molecule has 20 heavy (non-hydrogen) atoms. The Kier molecular flexibility index (Phi) is 3.32. The van der Waals surface area contributed by atoms with Crippen LogP contribution >= 0.6 is 15.9 Å². The molecule has 0 radical (unpaired) electrons. The molecule has 0 unspecified atom stereocenters. The summed E-state index contributed by atoms with van der Waals surface area (Å²) in [6.45, 7) is 2.06. The van der Waals surface area contributed by atoms with Gasteiger partial charge < -0.3 is 11.1 Å². The van der Waals surface area contributed by atoms with Crippen LogP contribution < -0.4 is 11.1 Å². The summed E-state index contributed by atoms with van der Waals surface area (Å²) in [7, 11) is 0. The van der Waals surface area contributed by atoms with Gasteiger partial charge in [0.05, 0.1) is 16.9 Å². The zero-order valence-corrected chi connectivity index (χ0v) is 12.6. The molecule has 3 rings (SSSR count). The van der Waals surface area contributed by atoms with Crippen molar-refractivity contribution in [3.8, 4) is 0 Å². The molecule has 0 aliphatic rings. The monoisotopic (exact) mass is 327 g/mol. The van der Waals surface area contributed by atoms with E-state index in [0.29, 0.717) is 0 Å². The van der Waals surface area contributed by atoms with Crippen LogP contribution in [-0.2, 0) is 0 Å². The number of nitrogens with zero attached hydrogens (tertiary/aromatic N) is 1. The van der Waals surface area contributed by atoms with Crippen LogP contribution in [0.1, 0.15) is 5.56 Å². The number of fused-ring (bicyclic) bond motifs is 1. The molecule has 0 saturated carbocycles. The van der Waals surface area contributed by atoms with Crippen molar-refractivity contribution < 1.29 is 0 Å². The Bertz CT molecular complexity index is 784. The number of benzene rings is 2. The second-order valence-corrected chi connectivity index (χ2v) is 5.60. The fourth-order valence-electron chi connectivity index (χ4n) is 2.16. The van der Waals surface area contributed by atoms with Crippen LogP contribution in [0.15, 0.2) is 53.1 Å². The van der Waals surface area contributed by atoms with Gasteiger partial charge in [-0.3, -0.25) is 4.98 Å². The molecule has 3 N–H and O–H groups in total. The maximum Gasteiger partial charge on any atom is 0.0724 e. The molecule has 0 spiro atoms. The van der Waals surface area contributed by atoms with E-state index in [9.17, 15) is 0 Å². The van der Waals surface area contributed by atoms with Crippen LogP contribution in [0.25, 0.3) is 10.9 Å². The average molecular weight is 328 g/mol. The van der Waals surface area contributed by atoms with Crippen LogP contribution in [0.4, 0.5) is 17.1 Å². The zero-order valence-electron chi connectivity index (χ0n) is 11.0. The molecule has 4 heteroatoms. The standard InChI is InChI=1S/C16H14BrN3/c1-10-4-5-11(17)9-15(10)20-14-7-6-13-12(16(14)18)3-2-8-19-13/h2-9,20H,18H2,1H3. The van der Waals surface area contributed by atoms with Crippen molar-refractivity contribution in [1.82, 2.24) is 4.98 Å². The van der Waals surface area contributed by atoms with Crippen molar-refractivity contribution >= 4 is 43.9 Å². The Balaban J connectivity index is 2.07. The summed E-state index contributed by atoms with van der Waals surface area (Å²) in [4.78, 5) is 4.31. The van der Waals surface area contributed by atoms with E-state index in [0.717, 1.165) is 32.4 Å². The van der Waals surface area contributed by atoms with E-state index in [2.05, 4.69) is 39.2 Å². The first kappa shape index (κ1) is 12.9. The fraction of sp³-hybridized carbons (Fsp3) is 0.0625.